The fraction of sp³-hybridized carbons (Fsp3) is 0.462. The van der Waals surface area contributed by atoms with Gasteiger partial charge in [0.05, 0.1) is 13.2 Å². The van der Waals surface area contributed by atoms with Gasteiger partial charge in [-0.2, -0.15) is 0 Å². The topological polar surface area (TPSA) is 71.5 Å². The first-order valence-corrected chi connectivity index (χ1v) is 7.21. The van der Waals surface area contributed by atoms with Gasteiger partial charge < -0.3 is 15.0 Å². The first-order chi connectivity index (χ1) is 9.66. The third-order valence-electron chi connectivity index (χ3n) is 2.95. The number of amides is 2. The van der Waals surface area contributed by atoms with Crippen LogP contribution in [0.4, 0.5) is 0 Å². The number of carbonyl (C=O) groups excluding carboxylic acids is 2. The smallest absolute Gasteiger partial charge is 0.269 e. The minimum Gasteiger partial charge on any atom is -0.378 e. The molecule has 0 saturated carbocycles. The minimum atomic E-state index is -0.271. The van der Waals surface area contributed by atoms with Crippen molar-refractivity contribution < 1.29 is 14.3 Å². The van der Waals surface area contributed by atoms with Gasteiger partial charge in [-0.05, 0) is 28.1 Å². The summed E-state index contributed by atoms with van der Waals surface area (Å²) in [7, 11) is 0. The zero-order valence-corrected chi connectivity index (χ0v) is 12.6. The largest absolute Gasteiger partial charge is 0.378 e. The zero-order chi connectivity index (χ0) is 14.4. The molecule has 1 saturated heterocycles. The average Bonchev–Trinajstić information content (AvgIpc) is 2.48. The second-order valence-electron chi connectivity index (χ2n) is 4.36. The fourth-order valence-corrected chi connectivity index (χ4v) is 2.09. The van der Waals surface area contributed by atoms with Crippen LogP contribution in [0.25, 0.3) is 0 Å². The van der Waals surface area contributed by atoms with Gasteiger partial charge in [0.1, 0.15) is 5.69 Å². The Hall–Kier alpha value is -1.47. The molecule has 1 N–H and O–H groups in total. The molecule has 20 heavy (non-hydrogen) atoms. The van der Waals surface area contributed by atoms with Crippen LogP contribution in [0, 0.1) is 0 Å². The highest BCUT2D eigenvalue weighted by molar-refractivity contribution is 9.10. The molecule has 108 valence electrons. The van der Waals surface area contributed by atoms with Crippen LogP contribution in [-0.2, 0) is 9.53 Å². The van der Waals surface area contributed by atoms with Gasteiger partial charge in [0.15, 0.2) is 0 Å². The van der Waals surface area contributed by atoms with Crippen LogP contribution in [-0.4, -0.2) is 54.5 Å². The molecule has 0 unspecified atom stereocenters. The van der Waals surface area contributed by atoms with Crippen LogP contribution in [0.15, 0.2) is 22.8 Å². The van der Waals surface area contributed by atoms with E-state index in [1.165, 1.54) is 0 Å². The number of morpholine rings is 1. The van der Waals surface area contributed by atoms with E-state index in [1.54, 1.807) is 23.2 Å². The average molecular weight is 342 g/mol. The second-order valence-corrected chi connectivity index (χ2v) is 5.28. The van der Waals surface area contributed by atoms with Crippen LogP contribution >= 0.6 is 15.9 Å². The highest BCUT2D eigenvalue weighted by Crippen LogP contribution is 2.07. The van der Waals surface area contributed by atoms with Crippen LogP contribution < -0.4 is 5.32 Å². The van der Waals surface area contributed by atoms with Crippen molar-refractivity contribution in [3.05, 3.63) is 28.5 Å². The summed E-state index contributed by atoms with van der Waals surface area (Å²) < 4.78 is 6.00. The van der Waals surface area contributed by atoms with Crippen molar-refractivity contribution in [1.82, 2.24) is 15.2 Å². The van der Waals surface area contributed by atoms with Crippen molar-refractivity contribution in [2.24, 2.45) is 0 Å². The molecule has 1 fully saturated rings. The van der Waals surface area contributed by atoms with E-state index in [9.17, 15) is 9.59 Å². The summed E-state index contributed by atoms with van der Waals surface area (Å²) >= 11 is 3.26. The fourth-order valence-electron chi connectivity index (χ4n) is 1.85. The Bertz CT molecular complexity index is 472. The predicted molar refractivity (Wildman–Crippen MR) is 76.3 cm³/mol. The first kappa shape index (κ1) is 14.9. The molecule has 1 aromatic rings. The van der Waals surface area contributed by atoms with E-state index in [1.807, 2.05) is 0 Å². The normalized spacial score (nSPS) is 14.9. The SMILES string of the molecule is O=C(NCCC(=O)N1CCOCC1)c1ccc(Br)cn1. The Kier molecular flexibility index (Phi) is 5.49. The Balaban J connectivity index is 1.73. The Labute approximate surface area is 125 Å². The Morgan fingerprint density at radius 3 is 2.75 bits per heavy atom. The van der Waals surface area contributed by atoms with Gasteiger partial charge >= 0.3 is 0 Å². The van der Waals surface area contributed by atoms with E-state index in [2.05, 4.69) is 26.2 Å². The lowest BCUT2D eigenvalue weighted by molar-refractivity contribution is -0.135. The molecule has 0 atom stereocenters. The number of pyridine rings is 1. The summed E-state index contributed by atoms with van der Waals surface area (Å²) in [4.78, 5) is 29.4. The zero-order valence-electron chi connectivity index (χ0n) is 11.0. The van der Waals surface area contributed by atoms with Crippen LogP contribution in [0.5, 0.6) is 0 Å². The van der Waals surface area contributed by atoms with Crippen molar-refractivity contribution in [3.63, 3.8) is 0 Å². The van der Waals surface area contributed by atoms with Crippen molar-refractivity contribution in [2.45, 2.75) is 6.42 Å². The number of rotatable bonds is 4. The molecule has 0 radical (unpaired) electrons. The van der Waals surface area contributed by atoms with Gasteiger partial charge in [-0.3, -0.25) is 9.59 Å². The van der Waals surface area contributed by atoms with Crippen LogP contribution in [0.2, 0.25) is 0 Å². The lowest BCUT2D eigenvalue weighted by Gasteiger charge is -2.26. The maximum absolute atomic E-state index is 11.9. The van der Waals surface area contributed by atoms with E-state index < -0.39 is 0 Å². The van der Waals surface area contributed by atoms with Gasteiger partial charge in [0, 0.05) is 36.7 Å². The van der Waals surface area contributed by atoms with Gasteiger partial charge in [0.2, 0.25) is 5.91 Å². The minimum absolute atomic E-state index is 0.0392. The number of aromatic nitrogens is 1. The summed E-state index contributed by atoms with van der Waals surface area (Å²) in [6, 6.07) is 3.38. The van der Waals surface area contributed by atoms with E-state index in [0.29, 0.717) is 45.0 Å². The van der Waals surface area contributed by atoms with Gasteiger partial charge in [-0.15, -0.1) is 0 Å². The number of ether oxygens (including phenoxy) is 1. The number of halogens is 1. The molecule has 1 aromatic heterocycles. The number of nitrogens with one attached hydrogen (secondary N) is 1. The van der Waals surface area contributed by atoms with Crippen molar-refractivity contribution >= 4 is 27.7 Å². The number of nitrogens with zero attached hydrogens (tertiary/aromatic N) is 2. The summed E-state index contributed by atoms with van der Waals surface area (Å²) in [5, 5.41) is 2.69. The molecule has 2 amide bonds. The molecule has 0 bridgehead atoms. The Morgan fingerprint density at radius 2 is 2.10 bits per heavy atom. The van der Waals surface area contributed by atoms with Crippen LogP contribution in [0.1, 0.15) is 16.9 Å². The molecule has 0 aromatic carbocycles. The molecule has 0 aliphatic carbocycles. The molecule has 7 heteroatoms. The molecule has 2 rings (SSSR count). The summed E-state index contributed by atoms with van der Waals surface area (Å²) in [6.45, 7) is 2.73. The van der Waals surface area contributed by atoms with E-state index in [4.69, 9.17) is 4.74 Å². The van der Waals surface area contributed by atoms with Crippen molar-refractivity contribution in [2.75, 3.05) is 32.8 Å². The lowest BCUT2D eigenvalue weighted by atomic mass is 10.3. The molecule has 2 heterocycles. The standard InChI is InChI=1S/C13H16BrN3O3/c14-10-1-2-11(16-9-10)13(19)15-4-3-12(18)17-5-7-20-8-6-17/h1-2,9H,3-8H2,(H,15,19). The number of hydrogen-bond donors (Lipinski definition) is 1. The van der Waals surface area contributed by atoms with Crippen molar-refractivity contribution in [1.29, 1.82) is 0 Å². The molecule has 0 spiro atoms. The van der Waals surface area contributed by atoms with Crippen LogP contribution in [0.3, 0.4) is 0 Å². The van der Waals surface area contributed by atoms with Gasteiger partial charge in [-0.25, -0.2) is 4.98 Å². The highest BCUT2D eigenvalue weighted by atomic mass is 79.9. The highest BCUT2D eigenvalue weighted by Gasteiger charge is 2.16. The Morgan fingerprint density at radius 1 is 1.35 bits per heavy atom. The monoisotopic (exact) mass is 341 g/mol. The van der Waals surface area contributed by atoms with Gasteiger partial charge in [0.25, 0.3) is 5.91 Å². The second kappa shape index (κ2) is 7.35. The number of hydrogen-bond acceptors (Lipinski definition) is 4. The molecule has 6 nitrogen and oxygen atoms in total. The van der Waals surface area contributed by atoms with Crippen molar-refractivity contribution in [3.8, 4) is 0 Å². The lowest BCUT2D eigenvalue weighted by Crippen LogP contribution is -2.42. The molecular weight excluding hydrogens is 326 g/mol. The quantitative estimate of drug-likeness (QED) is 0.880. The van der Waals surface area contributed by atoms with E-state index >= 15 is 0 Å². The summed E-state index contributed by atoms with van der Waals surface area (Å²) in [5.74, 6) is -0.232. The third kappa shape index (κ3) is 4.28. The van der Waals surface area contributed by atoms with E-state index in [0.717, 1.165) is 4.47 Å². The predicted octanol–water partition coefficient (Wildman–Crippen LogP) is 0.823. The summed E-state index contributed by atoms with van der Waals surface area (Å²) in [6.07, 6.45) is 1.86. The third-order valence-corrected chi connectivity index (χ3v) is 3.42. The first-order valence-electron chi connectivity index (χ1n) is 6.42. The van der Waals surface area contributed by atoms with E-state index in [-0.39, 0.29) is 11.8 Å². The molecule has 1 aliphatic rings. The maximum atomic E-state index is 11.9. The summed E-state index contributed by atoms with van der Waals surface area (Å²) in [5.41, 5.74) is 0.340. The van der Waals surface area contributed by atoms with Gasteiger partial charge in [-0.1, -0.05) is 0 Å². The molecular formula is C13H16BrN3O3. The maximum Gasteiger partial charge on any atom is 0.269 e. The number of carbonyl (C=O) groups is 2. The molecule has 1 aliphatic heterocycles.